The topological polar surface area (TPSA) is 47.0 Å². The summed E-state index contributed by atoms with van der Waals surface area (Å²) >= 11 is 2.29. The number of ether oxygens (including phenoxy) is 1. The third-order valence-corrected chi connectivity index (χ3v) is 3.88. The van der Waals surface area contributed by atoms with Gasteiger partial charge in [-0.25, -0.2) is 9.97 Å². The van der Waals surface area contributed by atoms with Crippen molar-refractivity contribution in [3.63, 3.8) is 0 Å². The molecule has 2 rings (SSSR count). The van der Waals surface area contributed by atoms with Crippen LogP contribution in [0.15, 0.2) is 30.3 Å². The van der Waals surface area contributed by atoms with E-state index in [1.54, 1.807) is 0 Å². The standard InChI is InChI=1S/C15H18IN3O/c1-3-20-10-9-12-18-14(11-7-5-4-6-8-11)13(16)15(17-2)19-12/h4-8H,3,9-10H2,1-2H3,(H,17,18,19). The Bertz CT molecular complexity index is 561. The van der Waals surface area contributed by atoms with Crippen molar-refractivity contribution in [1.29, 1.82) is 0 Å². The van der Waals surface area contributed by atoms with Crippen LogP contribution in [0.2, 0.25) is 0 Å². The Morgan fingerprint density at radius 3 is 2.60 bits per heavy atom. The number of hydrogen-bond donors (Lipinski definition) is 1. The molecular weight excluding hydrogens is 365 g/mol. The Kier molecular flexibility index (Phi) is 5.72. The predicted octanol–water partition coefficient (Wildman–Crippen LogP) is 3.37. The Labute approximate surface area is 133 Å². The van der Waals surface area contributed by atoms with Gasteiger partial charge in [-0.15, -0.1) is 0 Å². The van der Waals surface area contributed by atoms with Gasteiger partial charge in [-0.2, -0.15) is 0 Å². The van der Waals surface area contributed by atoms with E-state index >= 15 is 0 Å². The molecule has 0 bridgehead atoms. The monoisotopic (exact) mass is 383 g/mol. The van der Waals surface area contributed by atoms with Crippen molar-refractivity contribution < 1.29 is 4.74 Å². The van der Waals surface area contributed by atoms with E-state index in [-0.39, 0.29) is 0 Å². The van der Waals surface area contributed by atoms with E-state index in [0.29, 0.717) is 6.61 Å². The SMILES string of the molecule is CCOCCc1nc(NC)c(I)c(-c2ccccc2)n1. The molecule has 0 saturated heterocycles. The molecule has 0 aliphatic rings. The molecule has 1 aromatic carbocycles. The van der Waals surface area contributed by atoms with E-state index in [1.807, 2.05) is 32.2 Å². The molecule has 0 fully saturated rings. The minimum Gasteiger partial charge on any atom is -0.381 e. The molecular formula is C15H18IN3O. The van der Waals surface area contributed by atoms with Crippen LogP contribution in [0.4, 0.5) is 5.82 Å². The molecule has 0 aliphatic heterocycles. The van der Waals surface area contributed by atoms with Crippen LogP contribution < -0.4 is 5.32 Å². The van der Waals surface area contributed by atoms with Crippen LogP contribution in [0.5, 0.6) is 0 Å². The zero-order valence-corrected chi connectivity index (χ0v) is 13.8. The molecule has 2 aromatic rings. The number of aromatic nitrogens is 2. The van der Waals surface area contributed by atoms with Gasteiger partial charge in [0.15, 0.2) is 0 Å². The molecule has 106 valence electrons. The third-order valence-electron chi connectivity index (χ3n) is 2.86. The maximum atomic E-state index is 5.38. The first-order valence-electron chi connectivity index (χ1n) is 6.63. The summed E-state index contributed by atoms with van der Waals surface area (Å²) in [5.74, 6) is 1.67. The summed E-state index contributed by atoms with van der Waals surface area (Å²) in [6, 6.07) is 10.2. The van der Waals surface area contributed by atoms with Crippen molar-refractivity contribution in [2.45, 2.75) is 13.3 Å². The van der Waals surface area contributed by atoms with Gasteiger partial charge >= 0.3 is 0 Å². The molecule has 1 heterocycles. The summed E-state index contributed by atoms with van der Waals surface area (Å²) in [6.45, 7) is 3.35. The van der Waals surface area contributed by atoms with E-state index < -0.39 is 0 Å². The Morgan fingerprint density at radius 2 is 1.95 bits per heavy atom. The zero-order chi connectivity index (χ0) is 14.4. The molecule has 20 heavy (non-hydrogen) atoms. The van der Waals surface area contributed by atoms with E-state index in [9.17, 15) is 0 Å². The van der Waals surface area contributed by atoms with Gasteiger partial charge in [0.2, 0.25) is 0 Å². The van der Waals surface area contributed by atoms with Crippen molar-refractivity contribution in [2.24, 2.45) is 0 Å². The van der Waals surface area contributed by atoms with E-state index in [1.165, 1.54) is 0 Å². The molecule has 4 nitrogen and oxygen atoms in total. The molecule has 0 radical (unpaired) electrons. The molecule has 0 unspecified atom stereocenters. The fraction of sp³-hybridized carbons (Fsp3) is 0.333. The predicted molar refractivity (Wildman–Crippen MR) is 89.9 cm³/mol. The van der Waals surface area contributed by atoms with Crippen LogP contribution in [-0.2, 0) is 11.2 Å². The highest BCUT2D eigenvalue weighted by Gasteiger charge is 2.12. The van der Waals surface area contributed by atoms with E-state index in [4.69, 9.17) is 4.74 Å². The van der Waals surface area contributed by atoms with Crippen LogP contribution >= 0.6 is 22.6 Å². The van der Waals surface area contributed by atoms with Gasteiger partial charge in [0.25, 0.3) is 0 Å². The van der Waals surface area contributed by atoms with E-state index in [2.05, 4.69) is 50.0 Å². The van der Waals surface area contributed by atoms with E-state index in [0.717, 1.165) is 39.5 Å². The number of hydrogen-bond acceptors (Lipinski definition) is 4. The number of rotatable bonds is 6. The Hall–Kier alpha value is -1.21. The third kappa shape index (κ3) is 3.67. The first-order valence-corrected chi connectivity index (χ1v) is 7.71. The van der Waals surface area contributed by atoms with Gasteiger partial charge in [-0.05, 0) is 29.5 Å². The summed E-state index contributed by atoms with van der Waals surface area (Å²) in [6.07, 6.45) is 0.722. The van der Waals surface area contributed by atoms with Crippen LogP contribution in [0, 0.1) is 3.57 Å². The smallest absolute Gasteiger partial charge is 0.143 e. The van der Waals surface area contributed by atoms with Gasteiger partial charge in [0, 0.05) is 25.6 Å². The second-order valence-electron chi connectivity index (χ2n) is 4.21. The molecule has 0 amide bonds. The van der Waals surface area contributed by atoms with Gasteiger partial charge in [0.05, 0.1) is 15.9 Å². The van der Waals surface area contributed by atoms with Gasteiger partial charge in [-0.1, -0.05) is 30.3 Å². The lowest BCUT2D eigenvalue weighted by molar-refractivity contribution is 0.149. The largest absolute Gasteiger partial charge is 0.381 e. The van der Waals surface area contributed by atoms with Gasteiger partial charge in [-0.3, -0.25) is 0 Å². The second-order valence-corrected chi connectivity index (χ2v) is 5.29. The Morgan fingerprint density at radius 1 is 1.20 bits per heavy atom. The second kappa shape index (κ2) is 7.54. The van der Waals surface area contributed by atoms with Crippen molar-refractivity contribution >= 4 is 28.4 Å². The average Bonchev–Trinajstić information content (AvgIpc) is 2.49. The summed E-state index contributed by atoms with van der Waals surface area (Å²) in [5.41, 5.74) is 2.07. The fourth-order valence-corrected chi connectivity index (χ4v) is 2.69. The number of benzene rings is 1. The summed E-state index contributed by atoms with van der Waals surface area (Å²) in [7, 11) is 1.88. The van der Waals surface area contributed by atoms with Crippen LogP contribution in [0.25, 0.3) is 11.3 Å². The minimum absolute atomic E-state index is 0.647. The molecule has 1 N–H and O–H groups in total. The lowest BCUT2D eigenvalue weighted by Gasteiger charge is -2.11. The highest BCUT2D eigenvalue weighted by Crippen LogP contribution is 2.27. The average molecular weight is 383 g/mol. The highest BCUT2D eigenvalue weighted by atomic mass is 127. The molecule has 0 aliphatic carbocycles. The first-order chi connectivity index (χ1) is 9.76. The number of nitrogens with zero attached hydrogens (tertiary/aromatic N) is 2. The molecule has 1 aromatic heterocycles. The van der Waals surface area contributed by atoms with Crippen molar-refractivity contribution in [1.82, 2.24) is 9.97 Å². The summed E-state index contributed by atoms with van der Waals surface area (Å²) in [5, 5.41) is 3.14. The van der Waals surface area contributed by atoms with Crippen LogP contribution in [0.1, 0.15) is 12.7 Å². The van der Waals surface area contributed by atoms with Crippen LogP contribution in [0.3, 0.4) is 0 Å². The Balaban J connectivity index is 2.37. The molecule has 0 saturated carbocycles. The van der Waals surface area contributed by atoms with Crippen molar-refractivity contribution in [3.8, 4) is 11.3 Å². The van der Waals surface area contributed by atoms with Gasteiger partial charge in [0.1, 0.15) is 11.6 Å². The number of anilines is 1. The molecule has 0 spiro atoms. The van der Waals surface area contributed by atoms with Crippen molar-refractivity contribution in [3.05, 3.63) is 39.7 Å². The summed E-state index contributed by atoms with van der Waals surface area (Å²) < 4.78 is 6.42. The quantitative estimate of drug-likeness (QED) is 0.614. The summed E-state index contributed by atoms with van der Waals surface area (Å²) in [4.78, 5) is 9.22. The fourth-order valence-electron chi connectivity index (χ4n) is 1.87. The lowest BCUT2D eigenvalue weighted by atomic mass is 10.1. The maximum Gasteiger partial charge on any atom is 0.143 e. The molecule has 0 atom stereocenters. The maximum absolute atomic E-state index is 5.38. The normalized spacial score (nSPS) is 10.6. The number of nitrogens with one attached hydrogen (secondary N) is 1. The van der Waals surface area contributed by atoms with Crippen molar-refractivity contribution in [2.75, 3.05) is 25.6 Å². The lowest BCUT2D eigenvalue weighted by Crippen LogP contribution is -2.08. The molecule has 5 heteroatoms. The first kappa shape index (κ1) is 15.2. The number of halogens is 1. The van der Waals surface area contributed by atoms with Gasteiger partial charge < -0.3 is 10.1 Å². The minimum atomic E-state index is 0.647. The van der Waals surface area contributed by atoms with Crippen LogP contribution in [-0.4, -0.2) is 30.2 Å². The zero-order valence-electron chi connectivity index (χ0n) is 11.7. The highest BCUT2D eigenvalue weighted by molar-refractivity contribution is 14.1.